The van der Waals surface area contributed by atoms with Gasteiger partial charge in [0.05, 0.1) is 38.0 Å². The molecule has 0 aromatic heterocycles. The first-order valence-electron chi connectivity index (χ1n) is 15.4. The molecule has 0 atom stereocenters. The van der Waals surface area contributed by atoms with E-state index in [0.717, 1.165) is 24.0 Å². The van der Waals surface area contributed by atoms with Crippen LogP contribution in [0.5, 0.6) is 17.2 Å². The lowest BCUT2D eigenvalue weighted by molar-refractivity contribution is -0.133. The fourth-order valence-corrected chi connectivity index (χ4v) is 5.68. The van der Waals surface area contributed by atoms with Crippen molar-refractivity contribution >= 4 is 17.5 Å². The van der Waals surface area contributed by atoms with E-state index in [1.54, 1.807) is 30.9 Å². The van der Waals surface area contributed by atoms with E-state index in [4.69, 9.17) is 24.9 Å². The monoisotopic (exact) mass is 606 g/mol. The number of unbranched alkanes of at least 4 members (excludes halogenated alkanes) is 1. The number of carbonyl (C=O) groups is 2. The van der Waals surface area contributed by atoms with Crippen LogP contribution in [0, 0.1) is 22.6 Å². The summed E-state index contributed by atoms with van der Waals surface area (Å²) in [5, 5.41) is 17.7. The van der Waals surface area contributed by atoms with Crippen molar-refractivity contribution < 1.29 is 28.2 Å². The lowest BCUT2D eigenvalue weighted by Crippen LogP contribution is -2.35. The van der Waals surface area contributed by atoms with Gasteiger partial charge in [-0.15, -0.1) is 0 Å². The Labute approximate surface area is 259 Å². The van der Waals surface area contributed by atoms with Gasteiger partial charge in [0.25, 0.3) is 0 Å². The lowest BCUT2D eigenvalue weighted by Gasteiger charge is -2.30. The predicted octanol–water partition coefficient (Wildman–Crippen LogP) is 6.14. The number of Topliss-reactive ketones (excluding diaryl/α,β-unsaturated/α-hetero) is 1. The number of halogens is 1. The molecule has 44 heavy (non-hydrogen) atoms. The fraction of sp³-hybridized carbons (Fsp3) is 0.529. The molecule has 0 bridgehead atoms. The second-order valence-corrected chi connectivity index (χ2v) is 12.2. The molecule has 0 saturated carbocycles. The van der Waals surface area contributed by atoms with Crippen molar-refractivity contribution in [1.29, 1.82) is 10.7 Å². The lowest BCUT2D eigenvalue weighted by atomic mass is 9.83. The van der Waals surface area contributed by atoms with E-state index < -0.39 is 11.2 Å². The molecule has 2 aromatic carbocycles. The molecule has 2 aliphatic rings. The molecule has 10 heteroatoms. The quantitative estimate of drug-likeness (QED) is 0.215. The highest BCUT2D eigenvalue weighted by molar-refractivity contribution is 6.06. The summed E-state index contributed by atoms with van der Waals surface area (Å²) in [6.07, 6.45) is 3.20. The number of ether oxygens (including phenoxy) is 3. The number of likely N-dealkylation sites (tertiary alicyclic amines) is 1. The van der Waals surface area contributed by atoms with Crippen LogP contribution in [0.3, 0.4) is 0 Å². The number of amidine groups is 1. The summed E-state index contributed by atoms with van der Waals surface area (Å²) in [5.41, 5.74) is 2.29. The number of fused-ring (bicyclic) bond motifs is 1. The van der Waals surface area contributed by atoms with Gasteiger partial charge in [-0.25, -0.2) is 4.39 Å². The smallest absolute Gasteiger partial charge is 0.222 e. The zero-order valence-corrected chi connectivity index (χ0v) is 26.5. The second kappa shape index (κ2) is 14.1. The zero-order valence-electron chi connectivity index (χ0n) is 26.5. The fourth-order valence-electron chi connectivity index (χ4n) is 5.68. The van der Waals surface area contributed by atoms with E-state index in [1.807, 2.05) is 31.7 Å². The Kier molecular flexibility index (Phi) is 10.5. The Morgan fingerprint density at radius 3 is 2.48 bits per heavy atom. The largest absolute Gasteiger partial charge is 0.493 e. The minimum Gasteiger partial charge on any atom is -0.493 e. The number of carbonyl (C=O) groups excluding carboxylic acids is 2. The summed E-state index contributed by atoms with van der Waals surface area (Å²) in [6.45, 7) is 11.6. The highest BCUT2D eigenvalue weighted by atomic mass is 19.1. The first-order valence-corrected chi connectivity index (χ1v) is 15.4. The van der Waals surface area contributed by atoms with E-state index >= 15 is 4.39 Å². The summed E-state index contributed by atoms with van der Waals surface area (Å²) in [4.78, 5) is 30.0. The number of ketones is 1. The average molecular weight is 607 g/mol. The number of hydrogen-bond acceptors (Lipinski definition) is 7. The van der Waals surface area contributed by atoms with Crippen LogP contribution in [0.4, 0.5) is 4.39 Å². The van der Waals surface area contributed by atoms with Crippen molar-refractivity contribution in [2.75, 3.05) is 32.9 Å². The molecular weight excluding hydrogens is 563 g/mol. The minimum atomic E-state index is -0.658. The Hall–Kier alpha value is -4.13. The molecule has 2 aromatic rings. The third-order valence-electron chi connectivity index (χ3n) is 7.86. The van der Waals surface area contributed by atoms with Gasteiger partial charge < -0.3 is 24.0 Å². The van der Waals surface area contributed by atoms with Crippen LogP contribution in [0.25, 0.3) is 0 Å². The molecule has 1 saturated heterocycles. The Bertz CT molecular complexity index is 1460. The van der Waals surface area contributed by atoms with Gasteiger partial charge >= 0.3 is 0 Å². The van der Waals surface area contributed by atoms with Gasteiger partial charge in [-0.3, -0.25) is 15.0 Å². The molecule has 0 radical (unpaired) electrons. The number of hydrogen-bond donors (Lipinski definition) is 1. The van der Waals surface area contributed by atoms with Gasteiger partial charge in [0.1, 0.15) is 11.6 Å². The van der Waals surface area contributed by atoms with Gasteiger partial charge in [0, 0.05) is 49.2 Å². The number of piperidine rings is 1. The standard InChI is InChI=1S/C34H43FN4O5/c1-6-42-27-18-23-19-39(33(37)29(23)30(35)32(27)43-7-2)21-26(40)22-16-24(20-38-14-10-8-12-28(38)41)31(44-15-11-9-13-36)25(17-22)34(3,4)5/h16-18,37H,6-12,14-15,19-21H2,1-5H3. The third-order valence-corrected chi connectivity index (χ3v) is 7.86. The summed E-state index contributed by atoms with van der Waals surface area (Å²) in [7, 11) is 0. The predicted molar refractivity (Wildman–Crippen MR) is 165 cm³/mol. The molecular formula is C34H43FN4O5. The highest BCUT2D eigenvalue weighted by Gasteiger charge is 2.34. The molecule has 1 fully saturated rings. The molecule has 2 aliphatic heterocycles. The van der Waals surface area contributed by atoms with E-state index in [1.165, 1.54) is 0 Å². The van der Waals surface area contributed by atoms with Gasteiger partial charge in [-0.1, -0.05) is 20.8 Å². The number of nitrogens with zero attached hydrogens (tertiary/aromatic N) is 3. The topological polar surface area (TPSA) is 116 Å². The highest BCUT2D eigenvalue weighted by Crippen LogP contribution is 2.40. The van der Waals surface area contributed by atoms with Crippen LogP contribution in [0.2, 0.25) is 0 Å². The molecule has 9 nitrogen and oxygen atoms in total. The SMILES string of the molecule is CCOc1cc2c(c(F)c1OCC)C(=N)N(CC(=O)c1cc(CN3CCCCC3=O)c(OCCCC#N)c(C(C)(C)C)c1)C2. The summed E-state index contributed by atoms with van der Waals surface area (Å²) < 4.78 is 33.0. The maximum Gasteiger partial charge on any atom is 0.222 e. The van der Waals surface area contributed by atoms with Crippen LogP contribution in [-0.2, 0) is 23.3 Å². The Morgan fingerprint density at radius 2 is 1.82 bits per heavy atom. The molecule has 1 amide bonds. The zero-order chi connectivity index (χ0) is 32.0. The van der Waals surface area contributed by atoms with Gasteiger partial charge in [-0.05, 0) is 62.3 Å². The van der Waals surface area contributed by atoms with Gasteiger partial charge in [0.2, 0.25) is 5.91 Å². The van der Waals surface area contributed by atoms with Crippen molar-refractivity contribution in [3.05, 3.63) is 51.8 Å². The van der Waals surface area contributed by atoms with Crippen LogP contribution in [0.15, 0.2) is 18.2 Å². The van der Waals surface area contributed by atoms with Gasteiger partial charge in [-0.2, -0.15) is 5.26 Å². The molecule has 236 valence electrons. The minimum absolute atomic E-state index is 0.0249. The number of nitrogens with one attached hydrogen (secondary N) is 1. The molecule has 1 N–H and O–H groups in total. The summed E-state index contributed by atoms with van der Waals surface area (Å²) in [6, 6.07) is 7.44. The molecule has 4 rings (SSSR count). The summed E-state index contributed by atoms with van der Waals surface area (Å²) in [5.74, 6) is -0.00120. The van der Waals surface area contributed by atoms with Crippen LogP contribution >= 0.6 is 0 Å². The van der Waals surface area contributed by atoms with Gasteiger partial charge in [0.15, 0.2) is 23.1 Å². The van der Waals surface area contributed by atoms with E-state index in [9.17, 15) is 9.59 Å². The van der Waals surface area contributed by atoms with E-state index in [0.29, 0.717) is 62.4 Å². The molecule has 0 spiro atoms. The number of amides is 1. The first kappa shape index (κ1) is 32.8. The molecule has 2 heterocycles. The number of rotatable bonds is 13. The van der Waals surface area contributed by atoms with E-state index in [-0.39, 0.29) is 54.3 Å². The van der Waals surface area contributed by atoms with Crippen LogP contribution in [-0.4, -0.2) is 60.2 Å². The van der Waals surface area contributed by atoms with Crippen molar-refractivity contribution in [2.24, 2.45) is 0 Å². The number of benzene rings is 2. The Balaban J connectivity index is 1.67. The molecule has 0 aliphatic carbocycles. The normalized spacial score (nSPS) is 14.8. The van der Waals surface area contributed by atoms with Crippen molar-refractivity contribution in [1.82, 2.24) is 9.80 Å². The van der Waals surface area contributed by atoms with E-state index in [2.05, 4.69) is 6.07 Å². The first-order chi connectivity index (χ1) is 21.0. The van der Waals surface area contributed by atoms with Crippen LogP contribution in [0.1, 0.15) is 99.3 Å². The number of nitriles is 1. The Morgan fingerprint density at radius 1 is 1.07 bits per heavy atom. The maximum atomic E-state index is 15.6. The second-order valence-electron chi connectivity index (χ2n) is 12.2. The molecule has 0 unspecified atom stereocenters. The van der Waals surface area contributed by atoms with Crippen LogP contribution < -0.4 is 14.2 Å². The van der Waals surface area contributed by atoms with Crippen molar-refractivity contribution in [3.63, 3.8) is 0 Å². The third kappa shape index (κ3) is 7.15. The van der Waals surface area contributed by atoms with Crippen molar-refractivity contribution in [3.8, 4) is 23.3 Å². The average Bonchev–Trinajstić information content (AvgIpc) is 3.28. The maximum absolute atomic E-state index is 15.6. The van der Waals surface area contributed by atoms with Crippen molar-refractivity contribution in [2.45, 2.75) is 85.2 Å². The summed E-state index contributed by atoms with van der Waals surface area (Å²) >= 11 is 0.